The lowest BCUT2D eigenvalue weighted by atomic mass is 9.88. The maximum absolute atomic E-state index is 13.2. The number of hydrogen-bond acceptors (Lipinski definition) is 7. The molecular formula is C31H40O7. The molecule has 0 radical (unpaired) electrons. The lowest BCUT2D eigenvalue weighted by molar-refractivity contribution is -0.132. The third-order valence-corrected chi connectivity index (χ3v) is 6.89. The van der Waals surface area contributed by atoms with Crippen molar-refractivity contribution in [2.24, 2.45) is 0 Å². The molecule has 0 spiro atoms. The molecule has 0 saturated heterocycles. The Kier molecular flexibility index (Phi) is 11.7. The standard InChI is InChI=1S/C31H40O7/c1-22(33)37-31-29(38-27-16-12-11-15-25(27)30(31)35)21-23(24-17-18-26(34)28(20-24)36-2)14-10-8-6-4-3-5-7-9-13-19-32/h11-12,15-18,20,23,32,34H,3-10,13-14,19,21H2,1-2H3. The van der Waals surface area contributed by atoms with Gasteiger partial charge in [-0.05, 0) is 48.6 Å². The predicted molar refractivity (Wildman–Crippen MR) is 148 cm³/mol. The van der Waals surface area contributed by atoms with Gasteiger partial charge < -0.3 is 24.1 Å². The number of rotatable bonds is 16. The van der Waals surface area contributed by atoms with Crippen LogP contribution in [0.4, 0.5) is 0 Å². The van der Waals surface area contributed by atoms with Gasteiger partial charge in [-0.3, -0.25) is 9.59 Å². The second-order valence-electron chi connectivity index (χ2n) is 9.80. The highest BCUT2D eigenvalue weighted by atomic mass is 16.5. The summed E-state index contributed by atoms with van der Waals surface area (Å²) in [5, 5.41) is 19.4. The molecule has 2 N–H and O–H groups in total. The summed E-state index contributed by atoms with van der Waals surface area (Å²) < 4.78 is 16.8. The van der Waals surface area contributed by atoms with E-state index in [9.17, 15) is 14.7 Å². The molecule has 1 unspecified atom stereocenters. The molecule has 1 atom stereocenters. The van der Waals surface area contributed by atoms with Crippen LogP contribution in [0, 0.1) is 0 Å². The van der Waals surface area contributed by atoms with Crippen LogP contribution in [0.5, 0.6) is 17.2 Å². The largest absolute Gasteiger partial charge is 0.504 e. The van der Waals surface area contributed by atoms with Crippen LogP contribution in [-0.4, -0.2) is 29.9 Å². The number of unbranched alkanes of at least 4 members (excludes halogenated alkanes) is 8. The smallest absolute Gasteiger partial charge is 0.308 e. The van der Waals surface area contributed by atoms with Crippen LogP contribution in [0.1, 0.15) is 88.4 Å². The van der Waals surface area contributed by atoms with Crippen molar-refractivity contribution in [1.29, 1.82) is 0 Å². The molecule has 0 aliphatic rings. The number of ether oxygens (including phenoxy) is 2. The molecule has 0 amide bonds. The van der Waals surface area contributed by atoms with Crippen LogP contribution in [0.25, 0.3) is 11.0 Å². The fraction of sp³-hybridized carbons (Fsp3) is 0.484. The minimum Gasteiger partial charge on any atom is -0.504 e. The molecular weight excluding hydrogens is 484 g/mol. The minimum absolute atomic E-state index is 0.0402. The molecule has 206 valence electrons. The third kappa shape index (κ3) is 8.35. The molecule has 0 saturated carbocycles. The fourth-order valence-electron chi connectivity index (χ4n) is 4.85. The number of carbonyl (C=O) groups is 1. The number of aliphatic hydroxyl groups is 1. The monoisotopic (exact) mass is 524 g/mol. The normalized spacial score (nSPS) is 12.0. The Morgan fingerprint density at radius 3 is 2.26 bits per heavy atom. The van der Waals surface area contributed by atoms with Gasteiger partial charge in [0.05, 0.1) is 12.5 Å². The van der Waals surface area contributed by atoms with E-state index in [4.69, 9.17) is 19.0 Å². The SMILES string of the molecule is COc1cc(C(CCCCCCCCCCCO)Cc2oc3ccccc3c(=O)c2OC(C)=O)ccc1O. The number of phenolic OH excluding ortho intramolecular Hbond substituents is 1. The molecule has 1 heterocycles. The maximum Gasteiger partial charge on any atom is 0.308 e. The number of para-hydroxylation sites is 1. The van der Waals surface area contributed by atoms with Gasteiger partial charge in [-0.2, -0.15) is 0 Å². The van der Waals surface area contributed by atoms with E-state index in [2.05, 4.69) is 0 Å². The van der Waals surface area contributed by atoms with Crippen LogP contribution in [0.15, 0.2) is 51.7 Å². The van der Waals surface area contributed by atoms with Crippen LogP contribution < -0.4 is 14.9 Å². The van der Waals surface area contributed by atoms with E-state index in [0.29, 0.717) is 28.9 Å². The summed E-state index contributed by atoms with van der Waals surface area (Å²) in [4.78, 5) is 25.0. The van der Waals surface area contributed by atoms with Crippen molar-refractivity contribution in [1.82, 2.24) is 0 Å². The van der Waals surface area contributed by atoms with Gasteiger partial charge in [-0.15, -0.1) is 0 Å². The first-order chi connectivity index (χ1) is 18.4. The Hall–Kier alpha value is -3.32. The lowest BCUT2D eigenvalue weighted by Crippen LogP contribution is -2.16. The van der Waals surface area contributed by atoms with Gasteiger partial charge in [-0.25, -0.2) is 0 Å². The number of carbonyl (C=O) groups excluding carboxylic acids is 1. The summed E-state index contributed by atoms with van der Waals surface area (Å²) in [7, 11) is 1.51. The number of aliphatic hydroxyl groups excluding tert-OH is 1. The molecule has 1 aromatic heterocycles. The van der Waals surface area contributed by atoms with Crippen molar-refractivity contribution in [3.05, 3.63) is 64.0 Å². The van der Waals surface area contributed by atoms with Crippen molar-refractivity contribution < 1.29 is 28.9 Å². The first kappa shape index (κ1) is 29.2. The van der Waals surface area contributed by atoms with Crippen LogP contribution in [-0.2, 0) is 11.2 Å². The molecule has 0 fully saturated rings. The van der Waals surface area contributed by atoms with Gasteiger partial charge in [0.2, 0.25) is 11.2 Å². The van der Waals surface area contributed by atoms with Crippen molar-refractivity contribution in [3.63, 3.8) is 0 Å². The van der Waals surface area contributed by atoms with Gasteiger partial charge in [0.15, 0.2) is 17.3 Å². The third-order valence-electron chi connectivity index (χ3n) is 6.89. The van der Waals surface area contributed by atoms with Crippen molar-refractivity contribution in [3.8, 4) is 17.2 Å². The summed E-state index contributed by atoms with van der Waals surface area (Å²) >= 11 is 0. The highest BCUT2D eigenvalue weighted by Crippen LogP contribution is 2.35. The maximum atomic E-state index is 13.2. The summed E-state index contributed by atoms with van der Waals surface area (Å²) in [6.45, 7) is 1.55. The summed E-state index contributed by atoms with van der Waals surface area (Å²) in [5.41, 5.74) is 1.04. The Morgan fingerprint density at radius 2 is 1.61 bits per heavy atom. The second kappa shape index (κ2) is 15.2. The zero-order valence-electron chi connectivity index (χ0n) is 22.5. The number of methoxy groups -OCH3 is 1. The second-order valence-corrected chi connectivity index (χ2v) is 9.80. The average Bonchev–Trinajstić information content (AvgIpc) is 2.91. The first-order valence-electron chi connectivity index (χ1n) is 13.7. The number of fused-ring (bicyclic) bond motifs is 1. The molecule has 38 heavy (non-hydrogen) atoms. The zero-order valence-corrected chi connectivity index (χ0v) is 22.5. The van der Waals surface area contributed by atoms with Crippen molar-refractivity contribution >= 4 is 16.9 Å². The lowest BCUT2D eigenvalue weighted by Gasteiger charge is -2.19. The molecule has 3 rings (SSSR count). The van der Waals surface area contributed by atoms with Crippen molar-refractivity contribution in [2.75, 3.05) is 13.7 Å². The van der Waals surface area contributed by atoms with E-state index >= 15 is 0 Å². The highest BCUT2D eigenvalue weighted by Gasteiger charge is 2.23. The first-order valence-corrected chi connectivity index (χ1v) is 13.7. The molecule has 0 bridgehead atoms. The quantitative estimate of drug-likeness (QED) is 0.160. The van der Waals surface area contributed by atoms with Crippen LogP contribution in [0.3, 0.4) is 0 Å². The van der Waals surface area contributed by atoms with Crippen molar-refractivity contribution in [2.45, 2.75) is 83.5 Å². The summed E-state index contributed by atoms with van der Waals surface area (Å²) in [6, 6.07) is 12.2. The van der Waals surface area contributed by atoms with Gasteiger partial charge in [-0.1, -0.05) is 69.6 Å². The van der Waals surface area contributed by atoms with E-state index < -0.39 is 5.97 Å². The fourth-order valence-corrected chi connectivity index (χ4v) is 4.85. The minimum atomic E-state index is -0.576. The van der Waals surface area contributed by atoms with E-state index in [1.807, 2.05) is 12.1 Å². The molecule has 0 aliphatic carbocycles. The molecule has 2 aromatic carbocycles. The number of hydrogen-bond donors (Lipinski definition) is 2. The number of aromatic hydroxyl groups is 1. The summed E-state index contributed by atoms with van der Waals surface area (Å²) in [6.07, 6.45) is 11.2. The summed E-state index contributed by atoms with van der Waals surface area (Å²) in [5.74, 6) is 0.104. The van der Waals surface area contributed by atoms with Crippen LogP contribution >= 0.6 is 0 Å². The Morgan fingerprint density at radius 1 is 0.947 bits per heavy atom. The Labute approximate surface area is 224 Å². The van der Waals surface area contributed by atoms with Gasteiger partial charge >= 0.3 is 5.97 Å². The number of esters is 1. The average molecular weight is 525 g/mol. The number of phenols is 1. The van der Waals surface area contributed by atoms with Gasteiger partial charge in [0.25, 0.3) is 0 Å². The topological polar surface area (TPSA) is 106 Å². The molecule has 7 nitrogen and oxygen atoms in total. The Bertz CT molecular complexity index is 1230. The van der Waals surface area contributed by atoms with E-state index in [1.165, 1.54) is 39.7 Å². The van der Waals surface area contributed by atoms with Crippen LogP contribution in [0.2, 0.25) is 0 Å². The highest BCUT2D eigenvalue weighted by molar-refractivity contribution is 5.79. The number of benzene rings is 2. The zero-order chi connectivity index (χ0) is 27.3. The molecule has 0 aliphatic heterocycles. The van der Waals surface area contributed by atoms with E-state index in [0.717, 1.165) is 44.1 Å². The molecule has 7 heteroatoms. The predicted octanol–water partition coefficient (Wildman–Crippen LogP) is 6.65. The van der Waals surface area contributed by atoms with E-state index in [-0.39, 0.29) is 29.5 Å². The van der Waals surface area contributed by atoms with E-state index in [1.54, 1.807) is 30.3 Å². The Balaban J connectivity index is 1.77. The molecule has 3 aromatic rings. The van der Waals surface area contributed by atoms with Gasteiger partial charge in [0, 0.05) is 20.0 Å². The van der Waals surface area contributed by atoms with Gasteiger partial charge in [0.1, 0.15) is 5.58 Å².